The van der Waals surface area contributed by atoms with Gasteiger partial charge in [0.25, 0.3) is 0 Å². The maximum absolute atomic E-state index is 12.2. The molecule has 0 radical (unpaired) electrons. The molecule has 1 heterocycles. The minimum Gasteiger partial charge on any atom is -0.490 e. The smallest absolute Gasteiger partial charge is 0.363 e. The first-order chi connectivity index (χ1) is 13.5. The number of rotatable bonds is 6. The first-order valence-electron chi connectivity index (χ1n) is 9.04. The van der Waals surface area contributed by atoms with Crippen molar-refractivity contribution in [1.82, 2.24) is 0 Å². The van der Waals surface area contributed by atoms with Gasteiger partial charge in [-0.05, 0) is 42.8 Å². The first-order valence-corrected chi connectivity index (χ1v) is 9.04. The van der Waals surface area contributed by atoms with E-state index in [9.17, 15) is 9.59 Å². The van der Waals surface area contributed by atoms with Gasteiger partial charge in [-0.25, -0.2) is 9.79 Å². The molecule has 28 heavy (non-hydrogen) atoms. The SMILES string of the molecule is CCOc1cc(C=C2N=C(c3ccccc3)OC2=O)ccc1OC(=O)C(C)C. The summed E-state index contributed by atoms with van der Waals surface area (Å²) in [4.78, 5) is 28.3. The monoisotopic (exact) mass is 379 g/mol. The molecule has 0 amide bonds. The molecule has 0 spiro atoms. The van der Waals surface area contributed by atoms with Crippen LogP contribution in [-0.4, -0.2) is 24.4 Å². The molecule has 0 saturated carbocycles. The molecule has 3 rings (SSSR count). The van der Waals surface area contributed by atoms with Gasteiger partial charge in [-0.3, -0.25) is 4.79 Å². The number of hydrogen-bond donors (Lipinski definition) is 0. The molecule has 0 fully saturated rings. The van der Waals surface area contributed by atoms with E-state index in [0.29, 0.717) is 23.7 Å². The van der Waals surface area contributed by atoms with Crippen molar-refractivity contribution >= 4 is 23.9 Å². The van der Waals surface area contributed by atoms with Gasteiger partial charge < -0.3 is 14.2 Å². The second-order valence-electron chi connectivity index (χ2n) is 6.42. The highest BCUT2D eigenvalue weighted by Gasteiger charge is 2.24. The van der Waals surface area contributed by atoms with Crippen LogP contribution in [0.3, 0.4) is 0 Å². The van der Waals surface area contributed by atoms with Crippen molar-refractivity contribution in [3.8, 4) is 11.5 Å². The van der Waals surface area contributed by atoms with E-state index in [0.717, 1.165) is 5.56 Å². The van der Waals surface area contributed by atoms with Gasteiger partial charge in [0.05, 0.1) is 12.5 Å². The Kier molecular flexibility index (Phi) is 5.89. The Morgan fingerprint density at radius 3 is 2.57 bits per heavy atom. The van der Waals surface area contributed by atoms with Gasteiger partial charge in [0.1, 0.15) is 0 Å². The van der Waals surface area contributed by atoms with E-state index in [2.05, 4.69) is 4.99 Å². The number of carbonyl (C=O) groups is 2. The largest absolute Gasteiger partial charge is 0.490 e. The lowest BCUT2D eigenvalue weighted by Crippen LogP contribution is -2.15. The lowest BCUT2D eigenvalue weighted by molar-refractivity contribution is -0.138. The molecular formula is C22H21NO5. The third-order valence-corrected chi connectivity index (χ3v) is 3.89. The van der Waals surface area contributed by atoms with E-state index in [1.165, 1.54) is 0 Å². The number of cyclic esters (lactones) is 1. The fourth-order valence-corrected chi connectivity index (χ4v) is 2.46. The topological polar surface area (TPSA) is 74.2 Å². The number of nitrogens with zero attached hydrogens (tertiary/aromatic N) is 1. The van der Waals surface area contributed by atoms with Crippen molar-refractivity contribution in [3.05, 3.63) is 65.4 Å². The van der Waals surface area contributed by atoms with Gasteiger partial charge >= 0.3 is 11.9 Å². The van der Waals surface area contributed by atoms with Gasteiger partial charge in [0, 0.05) is 5.56 Å². The fourth-order valence-electron chi connectivity index (χ4n) is 2.46. The van der Waals surface area contributed by atoms with Crippen LogP contribution >= 0.6 is 0 Å². The molecule has 6 nitrogen and oxygen atoms in total. The molecule has 2 aromatic carbocycles. The van der Waals surface area contributed by atoms with Crippen molar-refractivity contribution in [2.45, 2.75) is 20.8 Å². The number of hydrogen-bond acceptors (Lipinski definition) is 6. The summed E-state index contributed by atoms with van der Waals surface area (Å²) in [6, 6.07) is 14.3. The molecule has 1 aliphatic rings. The summed E-state index contributed by atoms with van der Waals surface area (Å²) in [6.07, 6.45) is 1.61. The van der Waals surface area contributed by atoms with Crippen LogP contribution in [0, 0.1) is 5.92 Å². The third kappa shape index (κ3) is 4.46. The van der Waals surface area contributed by atoms with Crippen LogP contribution < -0.4 is 9.47 Å². The Bertz CT molecular complexity index is 945. The van der Waals surface area contributed by atoms with E-state index < -0.39 is 5.97 Å². The maximum atomic E-state index is 12.2. The molecular weight excluding hydrogens is 358 g/mol. The average Bonchev–Trinajstić information content (AvgIpc) is 3.05. The van der Waals surface area contributed by atoms with E-state index in [1.54, 1.807) is 38.1 Å². The van der Waals surface area contributed by atoms with Gasteiger partial charge in [-0.2, -0.15) is 0 Å². The van der Waals surface area contributed by atoms with Crippen molar-refractivity contribution in [1.29, 1.82) is 0 Å². The molecule has 0 aromatic heterocycles. The summed E-state index contributed by atoms with van der Waals surface area (Å²) in [5, 5.41) is 0. The van der Waals surface area contributed by atoms with Crippen LogP contribution in [-0.2, 0) is 14.3 Å². The maximum Gasteiger partial charge on any atom is 0.363 e. The zero-order chi connectivity index (χ0) is 20.1. The zero-order valence-corrected chi connectivity index (χ0v) is 16.0. The van der Waals surface area contributed by atoms with Crippen LogP contribution in [0.1, 0.15) is 31.9 Å². The van der Waals surface area contributed by atoms with Crippen LogP contribution in [0.2, 0.25) is 0 Å². The van der Waals surface area contributed by atoms with E-state index in [-0.39, 0.29) is 23.5 Å². The minimum absolute atomic E-state index is 0.188. The Balaban J connectivity index is 1.89. The number of esters is 2. The first kappa shape index (κ1) is 19.4. The molecule has 0 unspecified atom stereocenters. The van der Waals surface area contributed by atoms with Crippen LogP contribution in [0.15, 0.2) is 59.2 Å². The quantitative estimate of drug-likeness (QED) is 0.431. The predicted molar refractivity (Wildman–Crippen MR) is 105 cm³/mol. The van der Waals surface area contributed by atoms with Crippen molar-refractivity contribution < 1.29 is 23.8 Å². The number of aliphatic imine (C=N–C) groups is 1. The van der Waals surface area contributed by atoms with Crippen LogP contribution in [0.4, 0.5) is 0 Å². The molecule has 144 valence electrons. The summed E-state index contributed by atoms with van der Waals surface area (Å²) in [7, 11) is 0. The highest BCUT2D eigenvalue weighted by Crippen LogP contribution is 2.30. The van der Waals surface area contributed by atoms with E-state index >= 15 is 0 Å². The third-order valence-electron chi connectivity index (χ3n) is 3.89. The predicted octanol–water partition coefficient (Wildman–Crippen LogP) is 3.99. The minimum atomic E-state index is -0.521. The van der Waals surface area contributed by atoms with Gasteiger partial charge in [0.2, 0.25) is 5.90 Å². The number of ether oxygens (including phenoxy) is 3. The normalized spacial score (nSPS) is 14.8. The second kappa shape index (κ2) is 8.52. The van der Waals surface area contributed by atoms with Gasteiger partial charge in [-0.1, -0.05) is 38.1 Å². The van der Waals surface area contributed by atoms with Crippen molar-refractivity contribution in [2.24, 2.45) is 10.9 Å². The summed E-state index contributed by atoms with van der Waals surface area (Å²) < 4.78 is 16.2. The lowest BCUT2D eigenvalue weighted by Gasteiger charge is -2.12. The zero-order valence-electron chi connectivity index (χ0n) is 16.0. The van der Waals surface area contributed by atoms with Gasteiger partial charge in [-0.15, -0.1) is 0 Å². The highest BCUT2D eigenvalue weighted by molar-refractivity contribution is 6.12. The summed E-state index contributed by atoms with van der Waals surface area (Å²) in [5.74, 6) is -0.0926. The summed E-state index contributed by atoms with van der Waals surface area (Å²) in [6.45, 7) is 5.76. The Morgan fingerprint density at radius 1 is 1.14 bits per heavy atom. The lowest BCUT2D eigenvalue weighted by atomic mass is 10.1. The Morgan fingerprint density at radius 2 is 1.89 bits per heavy atom. The standard InChI is InChI=1S/C22H21NO5/c1-4-26-19-13-15(10-11-18(19)27-21(24)14(2)3)12-17-22(25)28-20(23-17)16-8-6-5-7-9-16/h5-14H,4H2,1-3H3. The van der Waals surface area contributed by atoms with Crippen molar-refractivity contribution in [2.75, 3.05) is 6.61 Å². The average molecular weight is 379 g/mol. The highest BCUT2D eigenvalue weighted by atomic mass is 16.6. The molecule has 0 N–H and O–H groups in total. The van der Waals surface area contributed by atoms with Crippen LogP contribution in [0.5, 0.6) is 11.5 Å². The molecule has 1 aliphatic heterocycles. The van der Waals surface area contributed by atoms with Crippen molar-refractivity contribution in [3.63, 3.8) is 0 Å². The fraction of sp³-hybridized carbons (Fsp3) is 0.227. The number of benzene rings is 2. The van der Waals surface area contributed by atoms with E-state index in [1.807, 2.05) is 37.3 Å². The molecule has 0 aliphatic carbocycles. The van der Waals surface area contributed by atoms with Crippen LogP contribution in [0.25, 0.3) is 6.08 Å². The molecule has 0 atom stereocenters. The summed E-state index contributed by atoms with van der Waals surface area (Å²) in [5.41, 5.74) is 1.59. The second-order valence-corrected chi connectivity index (χ2v) is 6.42. The Hall–Kier alpha value is -3.41. The number of carbonyl (C=O) groups excluding carboxylic acids is 2. The molecule has 2 aromatic rings. The summed E-state index contributed by atoms with van der Waals surface area (Å²) >= 11 is 0. The molecule has 6 heteroatoms. The Labute approximate surface area is 163 Å². The molecule has 0 bridgehead atoms. The van der Waals surface area contributed by atoms with Gasteiger partial charge in [0.15, 0.2) is 17.2 Å². The molecule has 0 saturated heterocycles. The van der Waals surface area contributed by atoms with E-state index in [4.69, 9.17) is 14.2 Å².